The van der Waals surface area contributed by atoms with Crippen molar-refractivity contribution in [3.8, 4) is 0 Å². The molecule has 2 rings (SSSR count). The van der Waals surface area contributed by atoms with Crippen LogP contribution >= 0.6 is 0 Å². The quantitative estimate of drug-likeness (QED) is 0.768. The number of fused-ring (bicyclic) bond motifs is 1. The van der Waals surface area contributed by atoms with Gasteiger partial charge in [0.25, 0.3) is 0 Å². The third-order valence-electron chi connectivity index (χ3n) is 2.86. The van der Waals surface area contributed by atoms with E-state index in [-0.39, 0.29) is 0 Å². The van der Waals surface area contributed by atoms with Gasteiger partial charge in [0.2, 0.25) is 0 Å². The molecule has 0 fully saturated rings. The normalized spacial score (nSPS) is 11.4. The van der Waals surface area contributed by atoms with Gasteiger partial charge in [-0.2, -0.15) is 0 Å². The fourth-order valence-electron chi connectivity index (χ4n) is 1.70. The van der Waals surface area contributed by atoms with Crippen LogP contribution in [0.3, 0.4) is 0 Å². The molecule has 0 aliphatic heterocycles. The molecule has 0 aliphatic rings. The summed E-state index contributed by atoms with van der Waals surface area (Å²) in [5, 5.41) is 1.50. The van der Waals surface area contributed by atoms with Crippen molar-refractivity contribution in [2.75, 3.05) is 20.1 Å². The summed E-state index contributed by atoms with van der Waals surface area (Å²) in [6, 6.07) is 8.83. The van der Waals surface area contributed by atoms with Gasteiger partial charge in [-0.25, -0.2) is 0 Å². The Bertz CT molecular complexity index is 433. The zero-order chi connectivity index (χ0) is 10.7. The fraction of sp³-hybridized carbons (Fsp3) is 0.385. The Morgan fingerprint density at radius 3 is 2.87 bits per heavy atom. The van der Waals surface area contributed by atoms with Gasteiger partial charge in [-0.1, -0.05) is 0 Å². The Labute approximate surface area is 97.5 Å². The Morgan fingerprint density at radius 1 is 1.27 bits per heavy atom. The summed E-state index contributed by atoms with van der Waals surface area (Å²) < 4.78 is 1.55. The van der Waals surface area contributed by atoms with E-state index in [0.717, 1.165) is 6.54 Å². The summed E-state index contributed by atoms with van der Waals surface area (Å²) in [5.41, 5.74) is 1.56. The fourth-order valence-corrected chi connectivity index (χ4v) is 3.79. The van der Waals surface area contributed by atoms with Crippen molar-refractivity contribution in [2.45, 2.75) is 13.3 Å². The van der Waals surface area contributed by atoms with Crippen LogP contribution in [-0.4, -0.2) is 39.5 Å². The van der Waals surface area contributed by atoms with E-state index in [1.807, 2.05) is 0 Å². The van der Waals surface area contributed by atoms with E-state index in [9.17, 15) is 0 Å². The van der Waals surface area contributed by atoms with Gasteiger partial charge < -0.3 is 0 Å². The molecule has 1 heterocycles. The molecule has 15 heavy (non-hydrogen) atoms. The topological polar surface area (TPSA) is 3.24 Å². The molecule has 0 spiro atoms. The SMILES string of the molecule is CCN(C)CCc1c[se]c2ccccc12. The zero-order valence-electron chi connectivity index (χ0n) is 9.36. The molecule has 1 aromatic heterocycles. The van der Waals surface area contributed by atoms with Crippen molar-refractivity contribution in [1.82, 2.24) is 4.90 Å². The third-order valence-corrected chi connectivity index (χ3v) is 4.99. The molecule has 0 amide bonds. The molecule has 0 aliphatic carbocycles. The number of nitrogens with zero attached hydrogens (tertiary/aromatic N) is 1. The Kier molecular flexibility index (Phi) is 3.63. The van der Waals surface area contributed by atoms with E-state index < -0.39 is 0 Å². The molecule has 0 bridgehead atoms. The van der Waals surface area contributed by atoms with E-state index >= 15 is 0 Å². The summed E-state index contributed by atoms with van der Waals surface area (Å²) in [6.07, 6.45) is 1.20. The second kappa shape index (κ2) is 4.98. The van der Waals surface area contributed by atoms with E-state index in [4.69, 9.17) is 0 Å². The number of benzene rings is 1. The molecule has 0 radical (unpaired) electrons. The molecule has 1 aromatic carbocycles. The third kappa shape index (κ3) is 2.52. The first kappa shape index (κ1) is 10.9. The standard InChI is InChI=1S/C13H17NSe/c1-3-14(2)9-8-11-10-15-13-7-5-4-6-12(11)13/h4-7,10H,3,8-9H2,1-2H3. The van der Waals surface area contributed by atoms with E-state index in [0.29, 0.717) is 14.5 Å². The Morgan fingerprint density at radius 2 is 2.07 bits per heavy atom. The number of hydrogen-bond donors (Lipinski definition) is 0. The van der Waals surface area contributed by atoms with Gasteiger partial charge in [0.15, 0.2) is 0 Å². The molecule has 0 unspecified atom stereocenters. The predicted octanol–water partition coefficient (Wildman–Crippen LogP) is 2.39. The maximum absolute atomic E-state index is 2.45. The van der Waals surface area contributed by atoms with Crippen LogP contribution in [0.5, 0.6) is 0 Å². The number of likely N-dealkylation sites (N-methyl/N-ethyl adjacent to an activating group) is 1. The van der Waals surface area contributed by atoms with Crippen molar-refractivity contribution in [3.05, 3.63) is 34.8 Å². The molecule has 0 saturated carbocycles. The van der Waals surface area contributed by atoms with Crippen LogP contribution in [0.2, 0.25) is 0 Å². The Hall–Kier alpha value is -0.561. The van der Waals surface area contributed by atoms with Crippen LogP contribution in [0.15, 0.2) is 29.2 Å². The van der Waals surface area contributed by atoms with Crippen molar-refractivity contribution >= 4 is 24.1 Å². The van der Waals surface area contributed by atoms with Gasteiger partial charge in [0, 0.05) is 0 Å². The molecule has 1 nitrogen and oxygen atoms in total. The second-order valence-corrected chi connectivity index (χ2v) is 5.81. The van der Waals surface area contributed by atoms with Crippen molar-refractivity contribution in [3.63, 3.8) is 0 Å². The van der Waals surface area contributed by atoms with E-state index in [1.54, 1.807) is 9.82 Å². The molecule has 0 saturated heterocycles. The first-order chi connectivity index (χ1) is 7.31. The zero-order valence-corrected chi connectivity index (χ0v) is 11.1. The van der Waals surface area contributed by atoms with Crippen LogP contribution in [0.25, 0.3) is 9.65 Å². The molecule has 2 aromatic rings. The average molecular weight is 266 g/mol. The molecule has 0 N–H and O–H groups in total. The summed E-state index contributed by atoms with van der Waals surface area (Å²) in [7, 11) is 2.19. The second-order valence-electron chi connectivity index (χ2n) is 3.90. The summed E-state index contributed by atoms with van der Waals surface area (Å²) in [6.45, 7) is 4.52. The van der Waals surface area contributed by atoms with E-state index in [1.165, 1.54) is 18.4 Å². The van der Waals surface area contributed by atoms with Crippen LogP contribution in [0.4, 0.5) is 0 Å². The van der Waals surface area contributed by atoms with Gasteiger partial charge >= 0.3 is 97.3 Å². The molecule has 0 atom stereocenters. The Balaban J connectivity index is 2.14. The van der Waals surface area contributed by atoms with Gasteiger partial charge in [0.05, 0.1) is 0 Å². The summed E-state index contributed by atoms with van der Waals surface area (Å²) >= 11 is 0.580. The first-order valence-electron chi connectivity index (χ1n) is 5.45. The van der Waals surface area contributed by atoms with Crippen LogP contribution in [0.1, 0.15) is 12.5 Å². The van der Waals surface area contributed by atoms with Crippen LogP contribution < -0.4 is 0 Å². The average Bonchev–Trinajstić information content (AvgIpc) is 2.69. The van der Waals surface area contributed by atoms with Crippen LogP contribution in [-0.2, 0) is 6.42 Å². The predicted molar refractivity (Wildman–Crippen MR) is 67.8 cm³/mol. The first-order valence-corrected chi connectivity index (χ1v) is 7.29. The van der Waals surface area contributed by atoms with Gasteiger partial charge in [-0.3, -0.25) is 0 Å². The number of rotatable bonds is 4. The minimum atomic E-state index is 0.580. The van der Waals surface area contributed by atoms with Crippen molar-refractivity contribution < 1.29 is 0 Å². The monoisotopic (exact) mass is 267 g/mol. The van der Waals surface area contributed by atoms with Gasteiger partial charge in [0.1, 0.15) is 0 Å². The van der Waals surface area contributed by atoms with Gasteiger partial charge in [-0.05, 0) is 0 Å². The van der Waals surface area contributed by atoms with Crippen LogP contribution in [0, 0.1) is 0 Å². The number of hydrogen-bond acceptors (Lipinski definition) is 1. The van der Waals surface area contributed by atoms with Gasteiger partial charge in [-0.15, -0.1) is 0 Å². The van der Waals surface area contributed by atoms with Crippen molar-refractivity contribution in [2.24, 2.45) is 0 Å². The molecule has 2 heteroatoms. The van der Waals surface area contributed by atoms with Crippen molar-refractivity contribution in [1.29, 1.82) is 0 Å². The molecule has 80 valence electrons. The summed E-state index contributed by atoms with van der Waals surface area (Å²) in [4.78, 5) is 4.82. The summed E-state index contributed by atoms with van der Waals surface area (Å²) in [5.74, 6) is 0. The maximum atomic E-state index is 2.45. The molecular weight excluding hydrogens is 249 g/mol. The minimum absolute atomic E-state index is 0.580. The van der Waals surface area contributed by atoms with E-state index in [2.05, 4.69) is 48.1 Å². The molecular formula is C13H17NSe.